The molecule has 148 valence electrons. The number of rotatable bonds is 7. The third-order valence-corrected chi connectivity index (χ3v) is 6.57. The number of carbonyl (C=O) groups excluding carboxylic acids is 1. The Hall–Kier alpha value is -1.37. The highest BCUT2D eigenvalue weighted by Gasteiger charge is 2.32. The van der Waals surface area contributed by atoms with Crippen molar-refractivity contribution in [1.82, 2.24) is 4.90 Å². The SMILES string of the molecule is COc1cc(CCO)cc(NCC(=O)N2CCCCC2C2=CCC(Cl)S2)c1. The van der Waals surface area contributed by atoms with Crippen molar-refractivity contribution in [2.75, 3.05) is 32.1 Å². The van der Waals surface area contributed by atoms with E-state index in [1.165, 1.54) is 4.91 Å². The number of carbonyl (C=O) groups is 1. The summed E-state index contributed by atoms with van der Waals surface area (Å²) in [5.41, 5.74) is 1.80. The van der Waals surface area contributed by atoms with Crippen LogP contribution in [0.3, 0.4) is 0 Å². The zero-order valence-electron chi connectivity index (χ0n) is 15.6. The summed E-state index contributed by atoms with van der Waals surface area (Å²) in [6.07, 6.45) is 6.81. The average Bonchev–Trinajstić information content (AvgIpc) is 3.12. The Morgan fingerprint density at radius 2 is 2.26 bits per heavy atom. The highest BCUT2D eigenvalue weighted by Crippen LogP contribution is 2.40. The predicted octanol–water partition coefficient (Wildman–Crippen LogP) is 3.61. The summed E-state index contributed by atoms with van der Waals surface area (Å²) in [5.74, 6) is 0.818. The molecule has 1 fully saturated rings. The summed E-state index contributed by atoms with van der Waals surface area (Å²) >= 11 is 7.92. The molecule has 0 radical (unpaired) electrons. The molecule has 7 heteroatoms. The van der Waals surface area contributed by atoms with E-state index in [1.54, 1.807) is 18.9 Å². The van der Waals surface area contributed by atoms with Gasteiger partial charge in [0.2, 0.25) is 5.91 Å². The number of amides is 1. The molecule has 2 heterocycles. The molecule has 2 unspecified atom stereocenters. The molecule has 3 rings (SSSR count). The van der Waals surface area contributed by atoms with Gasteiger partial charge in [0.15, 0.2) is 0 Å². The van der Waals surface area contributed by atoms with Gasteiger partial charge < -0.3 is 20.1 Å². The number of benzene rings is 1. The smallest absolute Gasteiger partial charge is 0.242 e. The molecule has 1 aromatic rings. The number of aliphatic hydroxyl groups excluding tert-OH is 1. The van der Waals surface area contributed by atoms with E-state index in [4.69, 9.17) is 16.3 Å². The highest BCUT2D eigenvalue weighted by molar-refractivity contribution is 8.05. The molecule has 0 spiro atoms. The number of nitrogens with zero attached hydrogens (tertiary/aromatic N) is 1. The Bertz CT molecular complexity index is 698. The van der Waals surface area contributed by atoms with E-state index in [0.717, 1.165) is 43.5 Å². The topological polar surface area (TPSA) is 61.8 Å². The van der Waals surface area contributed by atoms with Gasteiger partial charge in [0.1, 0.15) is 5.75 Å². The first kappa shape index (κ1) is 20.4. The first-order chi connectivity index (χ1) is 13.1. The van der Waals surface area contributed by atoms with E-state index < -0.39 is 0 Å². The molecular weight excluding hydrogens is 384 g/mol. The molecule has 2 aliphatic rings. The van der Waals surface area contributed by atoms with Crippen molar-refractivity contribution in [3.63, 3.8) is 0 Å². The lowest BCUT2D eigenvalue weighted by atomic mass is 10.0. The number of aliphatic hydroxyl groups is 1. The standard InChI is InChI=1S/C20H27ClN2O3S/c1-26-16-11-14(7-9-24)10-15(12-16)22-13-20(25)23-8-3-2-4-17(23)18-5-6-19(21)27-18/h5,10-12,17,19,22,24H,2-4,6-9,13H2,1H3. The fourth-order valence-electron chi connectivity index (χ4n) is 3.63. The van der Waals surface area contributed by atoms with Crippen molar-refractivity contribution >= 4 is 35.0 Å². The number of anilines is 1. The number of hydrogen-bond acceptors (Lipinski definition) is 5. The number of likely N-dealkylation sites (tertiary alicyclic amines) is 1. The molecule has 0 saturated carbocycles. The number of hydrogen-bond donors (Lipinski definition) is 2. The monoisotopic (exact) mass is 410 g/mol. The number of thioether (sulfide) groups is 1. The van der Waals surface area contributed by atoms with Crippen molar-refractivity contribution < 1.29 is 14.6 Å². The summed E-state index contributed by atoms with van der Waals surface area (Å²) in [6, 6.07) is 5.88. The van der Waals surface area contributed by atoms with Crippen LogP contribution in [0.2, 0.25) is 0 Å². The van der Waals surface area contributed by atoms with Crippen LogP contribution in [0.15, 0.2) is 29.2 Å². The predicted molar refractivity (Wildman–Crippen MR) is 112 cm³/mol. The van der Waals surface area contributed by atoms with Crippen molar-refractivity contribution in [1.29, 1.82) is 0 Å². The average molecular weight is 411 g/mol. The van der Waals surface area contributed by atoms with Crippen LogP contribution in [0.25, 0.3) is 0 Å². The Morgan fingerprint density at radius 1 is 1.41 bits per heavy atom. The summed E-state index contributed by atoms with van der Waals surface area (Å²) in [7, 11) is 1.61. The van der Waals surface area contributed by atoms with Crippen molar-refractivity contribution in [2.24, 2.45) is 0 Å². The second-order valence-electron chi connectivity index (χ2n) is 6.87. The molecule has 0 aromatic heterocycles. The molecule has 1 aromatic carbocycles. The summed E-state index contributed by atoms with van der Waals surface area (Å²) < 4.78 is 5.42. The van der Waals surface area contributed by atoms with E-state index in [0.29, 0.717) is 12.2 Å². The van der Waals surface area contributed by atoms with Gasteiger partial charge in [-0.2, -0.15) is 0 Å². The molecule has 2 atom stereocenters. The Morgan fingerprint density at radius 3 is 2.96 bits per heavy atom. The van der Waals surface area contributed by atoms with Crippen LogP contribution in [0.5, 0.6) is 5.75 Å². The maximum atomic E-state index is 12.9. The van der Waals surface area contributed by atoms with Gasteiger partial charge >= 0.3 is 0 Å². The van der Waals surface area contributed by atoms with Gasteiger partial charge in [-0.05, 0) is 49.8 Å². The Balaban J connectivity index is 1.64. The number of halogens is 1. The van der Waals surface area contributed by atoms with Gasteiger partial charge in [0.25, 0.3) is 0 Å². The van der Waals surface area contributed by atoms with Crippen LogP contribution in [0, 0.1) is 0 Å². The van der Waals surface area contributed by atoms with Crippen molar-refractivity contribution in [3.05, 3.63) is 34.7 Å². The number of piperidine rings is 1. The Labute approximate surface area is 170 Å². The van der Waals surface area contributed by atoms with Crippen LogP contribution < -0.4 is 10.1 Å². The van der Waals surface area contributed by atoms with E-state index in [9.17, 15) is 9.90 Å². The number of allylic oxidation sites excluding steroid dienone is 1. The molecule has 27 heavy (non-hydrogen) atoms. The van der Waals surface area contributed by atoms with E-state index in [1.807, 2.05) is 23.1 Å². The molecule has 1 amide bonds. The van der Waals surface area contributed by atoms with Gasteiger partial charge in [0.05, 0.1) is 24.4 Å². The second-order valence-corrected chi connectivity index (χ2v) is 8.93. The highest BCUT2D eigenvalue weighted by atomic mass is 35.5. The van der Waals surface area contributed by atoms with Crippen molar-refractivity contribution in [3.8, 4) is 5.75 Å². The summed E-state index contributed by atoms with van der Waals surface area (Å²) in [6.45, 7) is 1.11. The van der Waals surface area contributed by atoms with Crippen LogP contribution in [0.1, 0.15) is 31.2 Å². The fourth-order valence-corrected chi connectivity index (χ4v) is 5.11. The number of methoxy groups -OCH3 is 1. The largest absolute Gasteiger partial charge is 0.497 e. The van der Waals surface area contributed by atoms with Gasteiger partial charge in [-0.25, -0.2) is 0 Å². The minimum atomic E-state index is 0.0787. The van der Waals surface area contributed by atoms with Crippen LogP contribution in [-0.4, -0.2) is 53.5 Å². The summed E-state index contributed by atoms with van der Waals surface area (Å²) in [5, 5.41) is 12.4. The minimum absolute atomic E-state index is 0.0787. The summed E-state index contributed by atoms with van der Waals surface area (Å²) in [4.78, 5) is 16.2. The van der Waals surface area contributed by atoms with E-state index in [2.05, 4.69) is 11.4 Å². The third kappa shape index (κ3) is 5.33. The lowest BCUT2D eigenvalue weighted by molar-refractivity contribution is -0.131. The van der Waals surface area contributed by atoms with Crippen LogP contribution in [0.4, 0.5) is 5.69 Å². The third-order valence-electron chi connectivity index (χ3n) is 4.97. The van der Waals surface area contributed by atoms with Gasteiger partial charge in [0, 0.05) is 29.8 Å². The molecule has 2 N–H and O–H groups in total. The van der Waals surface area contributed by atoms with Gasteiger partial charge in [-0.3, -0.25) is 4.79 Å². The normalized spacial score (nSPS) is 22.5. The molecule has 5 nitrogen and oxygen atoms in total. The first-order valence-electron chi connectivity index (χ1n) is 9.43. The zero-order chi connectivity index (χ0) is 19.2. The first-order valence-corrected chi connectivity index (χ1v) is 10.7. The lowest BCUT2D eigenvalue weighted by Crippen LogP contribution is -2.46. The van der Waals surface area contributed by atoms with Crippen LogP contribution >= 0.6 is 23.4 Å². The molecule has 1 saturated heterocycles. The quantitative estimate of drug-likeness (QED) is 0.672. The molecule has 0 aliphatic carbocycles. The van der Waals surface area contributed by atoms with Crippen LogP contribution in [-0.2, 0) is 11.2 Å². The lowest BCUT2D eigenvalue weighted by Gasteiger charge is -2.36. The number of nitrogens with one attached hydrogen (secondary N) is 1. The minimum Gasteiger partial charge on any atom is -0.497 e. The van der Waals surface area contributed by atoms with E-state index in [-0.39, 0.29) is 29.8 Å². The zero-order valence-corrected chi connectivity index (χ0v) is 17.2. The number of ether oxygens (including phenoxy) is 1. The maximum Gasteiger partial charge on any atom is 0.242 e. The van der Waals surface area contributed by atoms with Gasteiger partial charge in [-0.1, -0.05) is 6.08 Å². The fraction of sp³-hybridized carbons (Fsp3) is 0.550. The van der Waals surface area contributed by atoms with E-state index >= 15 is 0 Å². The molecule has 2 aliphatic heterocycles. The maximum absolute atomic E-state index is 12.9. The number of alkyl halides is 1. The molecule has 0 bridgehead atoms. The second kappa shape index (κ2) is 9.71. The Kier molecular flexibility index (Phi) is 7.33. The van der Waals surface area contributed by atoms with Crippen molar-refractivity contribution in [2.45, 2.75) is 42.9 Å². The molecular formula is C20H27ClN2O3S. The van der Waals surface area contributed by atoms with Gasteiger partial charge in [-0.15, -0.1) is 23.4 Å².